The quantitative estimate of drug-likeness (QED) is 0.568. The maximum atomic E-state index is 12.7. The van der Waals surface area contributed by atoms with Crippen molar-refractivity contribution in [3.8, 4) is 0 Å². The van der Waals surface area contributed by atoms with Crippen molar-refractivity contribution in [3.05, 3.63) is 64.1 Å². The molecule has 1 aliphatic heterocycles. The average Bonchev–Trinajstić information content (AvgIpc) is 2.87. The minimum Gasteiger partial charge on any atom is -0.318 e. The number of thioether (sulfide) groups is 1. The highest BCUT2D eigenvalue weighted by molar-refractivity contribution is 8.00. The van der Waals surface area contributed by atoms with E-state index in [1.54, 1.807) is 49.4 Å². The maximum absolute atomic E-state index is 12.7. The predicted molar refractivity (Wildman–Crippen MR) is 105 cm³/mol. The Morgan fingerprint density at radius 3 is 2.59 bits per heavy atom. The number of hydrogen-bond acceptors (Lipinski definition) is 4. The zero-order valence-electron chi connectivity index (χ0n) is 14.2. The second-order valence-corrected chi connectivity index (χ2v) is 7.82. The Morgan fingerprint density at radius 1 is 1.19 bits per heavy atom. The van der Waals surface area contributed by atoms with E-state index in [1.165, 1.54) is 0 Å². The number of carbonyl (C=O) groups is 3. The van der Waals surface area contributed by atoms with Crippen LogP contribution in [0, 0.1) is 0 Å². The topological polar surface area (TPSA) is 78.5 Å². The number of nitrogens with one attached hydrogen (secondary N) is 2. The molecule has 1 aliphatic rings. The number of benzene rings is 2. The molecule has 1 fully saturated rings. The summed E-state index contributed by atoms with van der Waals surface area (Å²) in [7, 11) is 0. The largest absolute Gasteiger partial charge is 0.344 e. The highest BCUT2D eigenvalue weighted by atomic mass is 35.5. The molecule has 9 heteroatoms. The molecule has 0 saturated carbocycles. The van der Waals surface area contributed by atoms with Gasteiger partial charge in [-0.3, -0.25) is 15.0 Å². The van der Waals surface area contributed by atoms with Crippen molar-refractivity contribution in [1.29, 1.82) is 0 Å². The van der Waals surface area contributed by atoms with Gasteiger partial charge in [-0.1, -0.05) is 53.5 Å². The van der Waals surface area contributed by atoms with Crippen LogP contribution in [0.2, 0.25) is 10.0 Å². The first-order chi connectivity index (χ1) is 12.8. The summed E-state index contributed by atoms with van der Waals surface area (Å²) in [6, 6.07) is 13.1. The molecule has 2 aromatic rings. The third-order valence-electron chi connectivity index (χ3n) is 4.03. The van der Waals surface area contributed by atoms with Crippen molar-refractivity contribution >= 4 is 52.8 Å². The van der Waals surface area contributed by atoms with E-state index in [4.69, 9.17) is 23.2 Å². The van der Waals surface area contributed by atoms with Crippen molar-refractivity contribution in [3.63, 3.8) is 0 Å². The molecule has 1 heterocycles. The van der Waals surface area contributed by atoms with Gasteiger partial charge in [0.05, 0.1) is 10.8 Å². The van der Waals surface area contributed by atoms with Gasteiger partial charge in [-0.15, -0.1) is 11.8 Å². The molecule has 2 aromatic carbocycles. The fourth-order valence-corrected chi connectivity index (χ4v) is 3.88. The van der Waals surface area contributed by atoms with Crippen LogP contribution in [0.15, 0.2) is 53.4 Å². The Morgan fingerprint density at radius 2 is 1.89 bits per heavy atom. The van der Waals surface area contributed by atoms with E-state index in [1.807, 2.05) is 6.07 Å². The number of nitrogens with zero attached hydrogens (tertiary/aromatic N) is 1. The van der Waals surface area contributed by atoms with E-state index in [9.17, 15) is 14.4 Å². The van der Waals surface area contributed by atoms with Gasteiger partial charge < -0.3 is 5.32 Å². The smallest absolute Gasteiger partial charge is 0.318 e. The minimum absolute atomic E-state index is 0.0425. The zero-order chi connectivity index (χ0) is 19.6. The monoisotopic (exact) mass is 423 g/mol. The lowest BCUT2D eigenvalue weighted by atomic mass is 9.92. The van der Waals surface area contributed by atoms with Crippen LogP contribution < -0.4 is 10.7 Å². The number of rotatable bonds is 5. The summed E-state index contributed by atoms with van der Waals surface area (Å²) in [4.78, 5) is 37.8. The lowest BCUT2D eigenvalue weighted by molar-refractivity contribution is -0.138. The van der Waals surface area contributed by atoms with Crippen molar-refractivity contribution in [1.82, 2.24) is 15.8 Å². The first-order valence-corrected chi connectivity index (χ1v) is 9.65. The third kappa shape index (κ3) is 4.05. The number of hydrazine groups is 1. The minimum atomic E-state index is -1.24. The van der Waals surface area contributed by atoms with Crippen LogP contribution in [0.5, 0.6) is 0 Å². The van der Waals surface area contributed by atoms with Gasteiger partial charge in [0.25, 0.3) is 5.91 Å². The summed E-state index contributed by atoms with van der Waals surface area (Å²) in [6.07, 6.45) is 0. The molecule has 1 saturated heterocycles. The fourth-order valence-electron chi connectivity index (χ4n) is 2.60. The summed E-state index contributed by atoms with van der Waals surface area (Å²) in [6.45, 7) is 1.59. The molecule has 140 valence electrons. The molecule has 2 N–H and O–H groups in total. The van der Waals surface area contributed by atoms with E-state index < -0.39 is 23.4 Å². The van der Waals surface area contributed by atoms with Gasteiger partial charge in [-0.2, -0.15) is 5.01 Å². The number of urea groups is 1. The molecular formula is C18H15Cl2N3O3S. The average molecular weight is 424 g/mol. The summed E-state index contributed by atoms with van der Waals surface area (Å²) in [5.74, 6) is -1.12. The van der Waals surface area contributed by atoms with Crippen molar-refractivity contribution in [2.75, 3.05) is 5.75 Å². The predicted octanol–water partition coefficient (Wildman–Crippen LogP) is 3.58. The molecule has 0 spiro atoms. The van der Waals surface area contributed by atoms with Crippen LogP contribution in [0.3, 0.4) is 0 Å². The normalized spacial score (nSPS) is 19.1. The van der Waals surface area contributed by atoms with Crippen LogP contribution in [-0.4, -0.2) is 28.6 Å². The SMILES string of the molecule is CC1(c2ccccc2)NC(=O)N(NC(=O)CSc2cc(Cl)ccc2Cl)C1=O. The second-order valence-electron chi connectivity index (χ2n) is 5.96. The number of amides is 4. The van der Waals surface area contributed by atoms with Crippen LogP contribution in [0.1, 0.15) is 12.5 Å². The van der Waals surface area contributed by atoms with E-state index >= 15 is 0 Å². The number of hydrogen-bond donors (Lipinski definition) is 2. The molecule has 27 heavy (non-hydrogen) atoms. The number of carbonyl (C=O) groups excluding carboxylic acids is 3. The van der Waals surface area contributed by atoms with E-state index in [0.717, 1.165) is 11.8 Å². The molecular weight excluding hydrogens is 409 g/mol. The molecule has 3 rings (SSSR count). The van der Waals surface area contributed by atoms with Crippen LogP contribution in [0.25, 0.3) is 0 Å². The highest BCUT2D eigenvalue weighted by Crippen LogP contribution is 2.30. The van der Waals surface area contributed by atoms with E-state index in [0.29, 0.717) is 25.5 Å². The lowest BCUT2D eigenvalue weighted by Gasteiger charge is -2.22. The molecule has 1 unspecified atom stereocenters. The van der Waals surface area contributed by atoms with Gasteiger partial charge in [0, 0.05) is 9.92 Å². The highest BCUT2D eigenvalue weighted by Gasteiger charge is 2.49. The zero-order valence-corrected chi connectivity index (χ0v) is 16.5. The maximum Gasteiger partial charge on any atom is 0.344 e. The molecule has 6 nitrogen and oxygen atoms in total. The molecule has 0 radical (unpaired) electrons. The first-order valence-electron chi connectivity index (χ1n) is 7.91. The molecule has 0 bridgehead atoms. The van der Waals surface area contributed by atoms with Crippen LogP contribution in [0.4, 0.5) is 4.79 Å². The van der Waals surface area contributed by atoms with Crippen LogP contribution in [-0.2, 0) is 15.1 Å². The Labute approximate surface area is 170 Å². The summed E-state index contributed by atoms with van der Waals surface area (Å²) in [5.41, 5.74) is 1.73. The Kier molecular flexibility index (Phi) is 5.64. The van der Waals surface area contributed by atoms with E-state index in [2.05, 4.69) is 10.7 Å². The first kappa shape index (κ1) is 19.5. The Hall–Kier alpha value is -2.22. The van der Waals surface area contributed by atoms with Gasteiger partial charge in [-0.05, 0) is 30.7 Å². The molecule has 4 amide bonds. The molecule has 1 atom stereocenters. The van der Waals surface area contributed by atoms with Crippen molar-refractivity contribution in [2.45, 2.75) is 17.4 Å². The Balaban J connectivity index is 1.67. The fraction of sp³-hybridized carbons (Fsp3) is 0.167. The summed E-state index contributed by atoms with van der Waals surface area (Å²) >= 11 is 13.1. The van der Waals surface area contributed by atoms with Gasteiger partial charge in [0.1, 0.15) is 5.54 Å². The number of imide groups is 1. The number of halogens is 2. The van der Waals surface area contributed by atoms with Crippen LogP contribution >= 0.6 is 35.0 Å². The molecule has 0 aliphatic carbocycles. The van der Waals surface area contributed by atoms with Crippen molar-refractivity contribution < 1.29 is 14.4 Å². The molecule has 0 aromatic heterocycles. The summed E-state index contributed by atoms with van der Waals surface area (Å²) in [5, 5.41) is 4.28. The second kappa shape index (κ2) is 7.80. The Bertz CT molecular complexity index is 910. The third-order valence-corrected chi connectivity index (χ3v) is 5.76. The van der Waals surface area contributed by atoms with Gasteiger partial charge in [0.2, 0.25) is 5.91 Å². The lowest BCUT2D eigenvalue weighted by Crippen LogP contribution is -2.48. The van der Waals surface area contributed by atoms with E-state index in [-0.39, 0.29) is 5.75 Å². The standard InChI is InChI=1S/C18H15Cl2N3O3S/c1-18(11-5-3-2-4-6-11)16(25)23(17(26)21-18)22-15(24)10-27-14-9-12(19)7-8-13(14)20/h2-9H,10H2,1H3,(H,21,26)(H,22,24). The van der Waals surface area contributed by atoms with Gasteiger partial charge in [0.15, 0.2) is 0 Å². The van der Waals surface area contributed by atoms with Gasteiger partial charge >= 0.3 is 6.03 Å². The summed E-state index contributed by atoms with van der Waals surface area (Å²) < 4.78 is 0. The van der Waals surface area contributed by atoms with Gasteiger partial charge in [-0.25, -0.2) is 4.79 Å². The van der Waals surface area contributed by atoms with Crippen molar-refractivity contribution in [2.24, 2.45) is 0 Å².